The van der Waals surface area contributed by atoms with Crippen LogP contribution in [0.4, 0.5) is 4.39 Å². The van der Waals surface area contributed by atoms with Crippen LogP contribution in [0.5, 0.6) is 0 Å². The van der Waals surface area contributed by atoms with E-state index in [1.165, 1.54) is 34.7 Å². The first-order valence-electron chi connectivity index (χ1n) is 12.0. The molecule has 184 valence electrons. The van der Waals surface area contributed by atoms with E-state index in [2.05, 4.69) is 35.7 Å². The van der Waals surface area contributed by atoms with Gasteiger partial charge in [0.25, 0.3) is 5.91 Å². The highest BCUT2D eigenvalue weighted by molar-refractivity contribution is 7.10. The maximum absolute atomic E-state index is 13.7. The number of amides is 2. The number of carbonyl (C=O) groups is 2. The zero-order chi connectivity index (χ0) is 24.8. The highest BCUT2D eigenvalue weighted by atomic mass is 32.1. The third kappa shape index (κ3) is 5.97. The lowest BCUT2D eigenvalue weighted by atomic mass is 9.92. The van der Waals surface area contributed by atoms with Gasteiger partial charge in [-0.3, -0.25) is 9.59 Å². The number of fused-ring (bicyclic) bond motifs is 1. The molecule has 2 amide bonds. The molecule has 0 N–H and O–H groups in total. The molecular formula is C28H31FN2O3S. The lowest BCUT2D eigenvalue weighted by Gasteiger charge is -2.37. The number of halogens is 1. The number of nitrogens with zero attached hydrogens (tertiary/aromatic N) is 2. The third-order valence-corrected chi connectivity index (χ3v) is 7.30. The fourth-order valence-corrected chi connectivity index (χ4v) is 5.38. The molecule has 5 nitrogen and oxygen atoms in total. The van der Waals surface area contributed by atoms with Crippen LogP contribution in [0.1, 0.15) is 51.3 Å². The Kier molecular flexibility index (Phi) is 8.31. The van der Waals surface area contributed by atoms with Crippen LogP contribution < -0.4 is 0 Å². The summed E-state index contributed by atoms with van der Waals surface area (Å²) in [6.07, 6.45) is 1.42. The van der Waals surface area contributed by atoms with Crippen molar-refractivity contribution < 1.29 is 18.7 Å². The van der Waals surface area contributed by atoms with Gasteiger partial charge >= 0.3 is 0 Å². The molecule has 1 aliphatic heterocycles. The van der Waals surface area contributed by atoms with Gasteiger partial charge in [0, 0.05) is 36.7 Å². The highest BCUT2D eigenvalue weighted by Crippen LogP contribution is 2.38. The molecule has 0 bridgehead atoms. The Morgan fingerprint density at radius 2 is 1.86 bits per heavy atom. The van der Waals surface area contributed by atoms with Crippen LogP contribution in [0.25, 0.3) is 0 Å². The van der Waals surface area contributed by atoms with E-state index in [1.54, 1.807) is 16.2 Å². The molecule has 4 rings (SSSR count). The highest BCUT2D eigenvalue weighted by Gasteiger charge is 2.34. The summed E-state index contributed by atoms with van der Waals surface area (Å²) in [7, 11) is 0. The first-order valence-corrected chi connectivity index (χ1v) is 12.9. The summed E-state index contributed by atoms with van der Waals surface area (Å²) in [6.45, 7) is 6.02. The van der Waals surface area contributed by atoms with Crippen LogP contribution in [0.15, 0.2) is 60.0 Å². The molecule has 0 saturated heterocycles. The first kappa shape index (κ1) is 25.1. The van der Waals surface area contributed by atoms with Gasteiger partial charge in [-0.25, -0.2) is 4.39 Å². The lowest BCUT2D eigenvalue weighted by Crippen LogP contribution is -2.47. The summed E-state index contributed by atoms with van der Waals surface area (Å²) in [6, 6.07) is 15.7. The van der Waals surface area contributed by atoms with Crippen molar-refractivity contribution in [1.82, 2.24) is 9.80 Å². The van der Waals surface area contributed by atoms with Crippen molar-refractivity contribution in [3.8, 4) is 0 Å². The first-order chi connectivity index (χ1) is 17.0. The Hall–Kier alpha value is -3.03. The fourth-order valence-electron chi connectivity index (χ4n) is 4.48. The molecule has 0 fully saturated rings. The average Bonchev–Trinajstić information content (AvgIpc) is 3.35. The molecule has 0 radical (unpaired) electrons. The van der Waals surface area contributed by atoms with Gasteiger partial charge in [0.2, 0.25) is 5.91 Å². The fraction of sp³-hybridized carbons (Fsp3) is 0.357. The molecule has 2 heterocycles. The van der Waals surface area contributed by atoms with Gasteiger partial charge in [-0.1, -0.05) is 29.8 Å². The van der Waals surface area contributed by atoms with Crippen molar-refractivity contribution in [1.29, 1.82) is 0 Å². The minimum Gasteiger partial charge on any atom is -0.382 e. The maximum Gasteiger partial charge on any atom is 0.254 e. The smallest absolute Gasteiger partial charge is 0.254 e. The van der Waals surface area contributed by atoms with E-state index in [0.717, 1.165) is 17.5 Å². The molecule has 35 heavy (non-hydrogen) atoms. The summed E-state index contributed by atoms with van der Waals surface area (Å²) in [4.78, 5) is 31.7. The number of hydrogen-bond acceptors (Lipinski definition) is 4. The van der Waals surface area contributed by atoms with E-state index in [0.29, 0.717) is 38.3 Å². The standard InChI is InChI=1S/C28H31FN2O3S/c1-3-34-17-4-15-30(28(33)22-9-11-23(29)12-10-22)19-26(32)31-16-13-25-24(14-18-35-25)27(31)21-7-5-20(2)6-8-21/h5-12,14,18,27H,3-4,13,15-17,19H2,1-2H3. The van der Waals surface area contributed by atoms with Crippen molar-refractivity contribution in [2.45, 2.75) is 32.7 Å². The zero-order valence-corrected chi connectivity index (χ0v) is 21.0. The second-order valence-corrected chi connectivity index (χ2v) is 9.73. The van der Waals surface area contributed by atoms with E-state index in [-0.39, 0.29) is 24.4 Å². The Bertz CT molecular complexity index is 1140. The molecular weight excluding hydrogens is 463 g/mol. The van der Waals surface area contributed by atoms with E-state index < -0.39 is 5.82 Å². The van der Waals surface area contributed by atoms with Gasteiger partial charge < -0.3 is 14.5 Å². The normalized spacial score (nSPS) is 15.1. The molecule has 1 atom stereocenters. The average molecular weight is 495 g/mol. The molecule has 2 aromatic carbocycles. The van der Waals surface area contributed by atoms with Crippen molar-refractivity contribution >= 4 is 23.2 Å². The van der Waals surface area contributed by atoms with Crippen LogP contribution in [0.3, 0.4) is 0 Å². The minimum atomic E-state index is -0.402. The lowest BCUT2D eigenvalue weighted by molar-refractivity contribution is -0.134. The molecule has 3 aromatic rings. The number of ether oxygens (including phenoxy) is 1. The van der Waals surface area contributed by atoms with Gasteiger partial charge in [-0.05, 0) is 73.5 Å². The van der Waals surface area contributed by atoms with E-state index in [9.17, 15) is 14.0 Å². The summed E-state index contributed by atoms with van der Waals surface area (Å²) in [5.74, 6) is -0.782. The van der Waals surface area contributed by atoms with Gasteiger partial charge in [0.1, 0.15) is 12.4 Å². The Morgan fingerprint density at radius 3 is 2.57 bits per heavy atom. The number of thiophene rings is 1. The predicted molar refractivity (Wildman–Crippen MR) is 136 cm³/mol. The summed E-state index contributed by atoms with van der Waals surface area (Å²) < 4.78 is 18.9. The van der Waals surface area contributed by atoms with Gasteiger partial charge in [-0.2, -0.15) is 0 Å². The molecule has 1 unspecified atom stereocenters. The van der Waals surface area contributed by atoms with E-state index in [4.69, 9.17) is 4.74 Å². The van der Waals surface area contributed by atoms with Crippen molar-refractivity contribution in [2.75, 3.05) is 32.8 Å². The predicted octanol–water partition coefficient (Wildman–Crippen LogP) is 5.24. The van der Waals surface area contributed by atoms with Crippen LogP contribution in [-0.4, -0.2) is 54.5 Å². The van der Waals surface area contributed by atoms with E-state index in [1.807, 2.05) is 18.7 Å². The maximum atomic E-state index is 13.7. The summed E-state index contributed by atoms with van der Waals surface area (Å²) >= 11 is 1.73. The van der Waals surface area contributed by atoms with Gasteiger partial charge in [0.15, 0.2) is 0 Å². The molecule has 1 aromatic heterocycles. The quantitative estimate of drug-likeness (QED) is 0.383. The number of benzene rings is 2. The molecule has 1 aliphatic rings. The second kappa shape index (κ2) is 11.6. The number of carbonyl (C=O) groups excluding carboxylic acids is 2. The largest absolute Gasteiger partial charge is 0.382 e. The Balaban J connectivity index is 1.57. The number of hydrogen-bond donors (Lipinski definition) is 0. The Morgan fingerprint density at radius 1 is 1.11 bits per heavy atom. The van der Waals surface area contributed by atoms with Crippen LogP contribution >= 0.6 is 11.3 Å². The molecule has 0 spiro atoms. The molecule has 0 aliphatic carbocycles. The minimum absolute atomic E-state index is 0.0375. The summed E-state index contributed by atoms with van der Waals surface area (Å²) in [5.41, 5.74) is 3.75. The topological polar surface area (TPSA) is 49.9 Å². The summed E-state index contributed by atoms with van der Waals surface area (Å²) in [5, 5.41) is 2.08. The molecule has 7 heteroatoms. The van der Waals surface area contributed by atoms with Crippen LogP contribution in [0.2, 0.25) is 0 Å². The van der Waals surface area contributed by atoms with E-state index >= 15 is 0 Å². The van der Waals surface area contributed by atoms with Crippen molar-refractivity contribution in [3.05, 3.63) is 92.9 Å². The molecule has 0 saturated carbocycles. The van der Waals surface area contributed by atoms with Crippen LogP contribution in [-0.2, 0) is 16.0 Å². The monoisotopic (exact) mass is 494 g/mol. The number of rotatable bonds is 9. The number of aryl methyl sites for hydroxylation is 1. The van der Waals surface area contributed by atoms with Gasteiger partial charge in [0.05, 0.1) is 6.04 Å². The zero-order valence-electron chi connectivity index (χ0n) is 20.2. The van der Waals surface area contributed by atoms with Crippen molar-refractivity contribution in [3.63, 3.8) is 0 Å². The second-order valence-electron chi connectivity index (χ2n) is 8.73. The SMILES string of the molecule is CCOCCCN(CC(=O)N1CCc2sccc2C1c1ccc(C)cc1)C(=O)c1ccc(F)cc1. The Labute approximate surface area is 210 Å². The van der Waals surface area contributed by atoms with Gasteiger partial charge in [-0.15, -0.1) is 11.3 Å². The third-order valence-electron chi connectivity index (χ3n) is 6.30. The van der Waals surface area contributed by atoms with Crippen LogP contribution in [0, 0.1) is 12.7 Å². The van der Waals surface area contributed by atoms with Crippen molar-refractivity contribution in [2.24, 2.45) is 0 Å².